The summed E-state index contributed by atoms with van der Waals surface area (Å²) in [7, 11) is 0. The van der Waals surface area contributed by atoms with Crippen LogP contribution in [0.15, 0.2) is 22.4 Å². The molecule has 1 aromatic heterocycles. The van der Waals surface area contributed by atoms with E-state index in [-0.39, 0.29) is 11.7 Å². The van der Waals surface area contributed by atoms with Crippen molar-refractivity contribution in [3.8, 4) is 17.6 Å². The maximum absolute atomic E-state index is 5.70. The van der Waals surface area contributed by atoms with E-state index in [4.69, 9.17) is 24.8 Å². The Bertz CT molecular complexity index is 771. The highest BCUT2D eigenvalue weighted by atomic mass is 16.7. The summed E-state index contributed by atoms with van der Waals surface area (Å²) >= 11 is 0. The van der Waals surface area contributed by atoms with Crippen molar-refractivity contribution in [3.63, 3.8) is 0 Å². The van der Waals surface area contributed by atoms with Crippen molar-refractivity contribution in [2.45, 2.75) is 34.0 Å². The van der Waals surface area contributed by atoms with Gasteiger partial charge in [0.05, 0.1) is 32.6 Å². The van der Waals surface area contributed by atoms with Crippen molar-refractivity contribution in [1.82, 2.24) is 4.98 Å². The van der Waals surface area contributed by atoms with Crippen LogP contribution in [-0.4, -0.2) is 62.8 Å². The van der Waals surface area contributed by atoms with Crippen LogP contribution in [0.2, 0.25) is 0 Å². The normalized spacial score (nSPS) is 17.2. The Morgan fingerprint density at radius 1 is 1.34 bits per heavy atom. The first-order valence-corrected chi connectivity index (χ1v) is 9.69. The summed E-state index contributed by atoms with van der Waals surface area (Å²) < 4.78 is 22.3. The highest BCUT2D eigenvalue weighted by molar-refractivity contribution is 6.38. The number of pyridine rings is 1. The summed E-state index contributed by atoms with van der Waals surface area (Å²) in [6.07, 6.45) is 2.82. The minimum atomic E-state index is -0.374. The largest absolute Gasteiger partial charge is 0.491 e. The molecule has 158 valence electrons. The van der Waals surface area contributed by atoms with Crippen molar-refractivity contribution >= 4 is 11.9 Å². The minimum absolute atomic E-state index is 0.0215. The van der Waals surface area contributed by atoms with Gasteiger partial charge in [0.1, 0.15) is 23.8 Å². The number of aromatic nitrogens is 1. The molecule has 1 aliphatic rings. The maximum Gasteiger partial charge on any atom is 0.176 e. The minimum Gasteiger partial charge on any atom is -0.491 e. The zero-order chi connectivity index (χ0) is 21.1. The topological polar surface area (TPSA) is 101 Å². The maximum atomic E-state index is 5.70. The number of nitrogens with zero attached hydrogens (tertiary/aromatic N) is 3. The summed E-state index contributed by atoms with van der Waals surface area (Å²) in [5, 5.41) is 3.81. The predicted molar refractivity (Wildman–Crippen MR) is 112 cm³/mol. The first kappa shape index (κ1) is 22.8. The van der Waals surface area contributed by atoms with Gasteiger partial charge in [0, 0.05) is 23.8 Å². The van der Waals surface area contributed by atoms with E-state index in [0.717, 1.165) is 5.56 Å². The van der Waals surface area contributed by atoms with E-state index in [1.165, 1.54) is 0 Å². The van der Waals surface area contributed by atoms with E-state index in [0.29, 0.717) is 56.7 Å². The highest BCUT2D eigenvalue weighted by Crippen LogP contribution is 2.23. The summed E-state index contributed by atoms with van der Waals surface area (Å²) in [4.78, 5) is 8.78. The zero-order valence-corrected chi connectivity index (χ0v) is 17.6. The van der Waals surface area contributed by atoms with Crippen LogP contribution in [-0.2, 0) is 14.2 Å². The second-order valence-corrected chi connectivity index (χ2v) is 7.17. The summed E-state index contributed by atoms with van der Waals surface area (Å²) in [6.45, 7) is 11.1. The van der Waals surface area contributed by atoms with E-state index in [1.807, 2.05) is 13.8 Å². The summed E-state index contributed by atoms with van der Waals surface area (Å²) in [6, 6.07) is 1.80. The quantitative estimate of drug-likeness (QED) is 0.235. The molecule has 1 aliphatic heterocycles. The molecule has 0 radical (unpaired) electrons. The second kappa shape index (κ2) is 11.5. The molecular formula is C21H30N4O4. The van der Waals surface area contributed by atoms with Gasteiger partial charge in [-0.05, 0) is 19.9 Å². The van der Waals surface area contributed by atoms with Crippen molar-refractivity contribution < 1.29 is 18.9 Å². The van der Waals surface area contributed by atoms with Gasteiger partial charge in [-0.3, -0.25) is 4.99 Å². The van der Waals surface area contributed by atoms with Crippen LogP contribution in [0.4, 0.5) is 0 Å². The first-order valence-electron chi connectivity index (χ1n) is 9.69. The third kappa shape index (κ3) is 7.46. The highest BCUT2D eigenvalue weighted by Gasteiger charge is 2.27. The monoisotopic (exact) mass is 402 g/mol. The molecule has 0 spiro atoms. The molecule has 8 nitrogen and oxygen atoms in total. The van der Waals surface area contributed by atoms with Crippen molar-refractivity contribution in [1.29, 1.82) is 0 Å². The number of hydrogen-bond acceptors (Lipinski definition) is 8. The lowest BCUT2D eigenvalue weighted by atomic mass is 9.96. The van der Waals surface area contributed by atoms with Crippen molar-refractivity contribution in [3.05, 3.63) is 23.5 Å². The van der Waals surface area contributed by atoms with Gasteiger partial charge in [-0.1, -0.05) is 25.7 Å². The predicted octanol–water partition coefficient (Wildman–Crippen LogP) is 2.00. The molecule has 0 unspecified atom stereocenters. The molecule has 2 N–H and O–H groups in total. The lowest BCUT2D eigenvalue weighted by molar-refractivity contribution is -0.215. The fourth-order valence-corrected chi connectivity index (χ4v) is 2.48. The molecular weight excluding hydrogens is 372 g/mol. The van der Waals surface area contributed by atoms with E-state index in [2.05, 4.69) is 40.8 Å². The zero-order valence-electron chi connectivity index (χ0n) is 17.6. The van der Waals surface area contributed by atoms with Crippen molar-refractivity contribution in [2.24, 2.45) is 21.4 Å². The van der Waals surface area contributed by atoms with Gasteiger partial charge < -0.3 is 24.8 Å². The number of aliphatic imine (C=N–C) groups is 1. The number of hydrogen-bond donors (Lipinski definition) is 1. The van der Waals surface area contributed by atoms with E-state index >= 15 is 0 Å². The Hall–Kier alpha value is -2.47. The molecule has 29 heavy (non-hydrogen) atoms. The Morgan fingerprint density at radius 3 is 2.76 bits per heavy atom. The van der Waals surface area contributed by atoms with Gasteiger partial charge in [-0.15, -0.1) is 0 Å². The molecule has 0 bridgehead atoms. The molecule has 1 fully saturated rings. The summed E-state index contributed by atoms with van der Waals surface area (Å²) in [5.41, 5.74) is 1.64. The average Bonchev–Trinajstić information content (AvgIpc) is 2.71. The van der Waals surface area contributed by atoms with E-state index < -0.39 is 0 Å². The molecule has 1 aromatic rings. The Labute approximate surface area is 172 Å². The Morgan fingerprint density at radius 2 is 2.10 bits per heavy atom. The van der Waals surface area contributed by atoms with Crippen LogP contribution in [0, 0.1) is 17.3 Å². The molecule has 0 aromatic carbocycles. The molecule has 2 rings (SSSR count). The lowest BCUT2D eigenvalue weighted by Gasteiger charge is -2.33. The number of ether oxygens (including phenoxy) is 4. The Kier molecular flexibility index (Phi) is 9.06. The van der Waals surface area contributed by atoms with E-state index in [9.17, 15) is 0 Å². The van der Waals surface area contributed by atoms with Crippen LogP contribution in [0.1, 0.15) is 39.0 Å². The van der Waals surface area contributed by atoms with Crippen LogP contribution < -0.4 is 10.6 Å². The van der Waals surface area contributed by atoms with Gasteiger partial charge in [0.25, 0.3) is 0 Å². The number of nitrogens with two attached hydrogens (primary N) is 1. The fraction of sp³-hybridized carbons (Fsp3) is 0.571. The first-order chi connectivity index (χ1) is 14.0. The van der Waals surface area contributed by atoms with Gasteiger partial charge >= 0.3 is 0 Å². The number of hydrazone groups is 1. The van der Waals surface area contributed by atoms with Gasteiger partial charge in [0.2, 0.25) is 0 Å². The average molecular weight is 402 g/mol. The van der Waals surface area contributed by atoms with Crippen molar-refractivity contribution in [2.75, 3.05) is 39.6 Å². The lowest BCUT2D eigenvalue weighted by Crippen LogP contribution is -2.39. The smallest absolute Gasteiger partial charge is 0.176 e. The van der Waals surface area contributed by atoms with Gasteiger partial charge in [0.15, 0.2) is 6.29 Å². The molecule has 0 atom stereocenters. The SMILES string of the molecule is CCOCC#Cc1cnc(/C(C=NCC2OCC(C)(C)CO2)=N/N)c(OCC)c1. The molecule has 0 amide bonds. The van der Waals surface area contributed by atoms with Gasteiger partial charge in [-0.25, -0.2) is 4.98 Å². The Balaban J connectivity index is 2.07. The van der Waals surface area contributed by atoms with Crippen LogP contribution in [0.5, 0.6) is 5.75 Å². The number of rotatable bonds is 8. The molecule has 0 saturated carbocycles. The molecule has 0 aliphatic carbocycles. The van der Waals surface area contributed by atoms with E-state index in [1.54, 1.807) is 18.5 Å². The van der Waals surface area contributed by atoms with Gasteiger partial charge in [-0.2, -0.15) is 5.10 Å². The second-order valence-electron chi connectivity index (χ2n) is 7.17. The third-order valence-electron chi connectivity index (χ3n) is 3.93. The third-order valence-corrected chi connectivity index (χ3v) is 3.93. The molecule has 8 heteroatoms. The van der Waals surface area contributed by atoms with Crippen LogP contribution >= 0.6 is 0 Å². The fourth-order valence-electron chi connectivity index (χ4n) is 2.48. The molecule has 1 saturated heterocycles. The van der Waals surface area contributed by atoms with Crippen LogP contribution in [0.3, 0.4) is 0 Å². The van der Waals surface area contributed by atoms with Crippen LogP contribution in [0.25, 0.3) is 0 Å². The summed E-state index contributed by atoms with van der Waals surface area (Å²) in [5.74, 6) is 12.0. The molecule has 2 heterocycles. The standard InChI is InChI=1S/C21H30N4O4/c1-5-26-9-7-8-16-10-18(27-6-2)20(24-11-16)17(25-22)12-23-13-19-28-14-21(3,4)15-29-19/h10-12,19H,5-6,9,13-15,22H2,1-4H3/b23-12?,25-17+.